The summed E-state index contributed by atoms with van der Waals surface area (Å²) in [6.45, 7) is 6.82. The largest absolute Gasteiger partial charge is 0.416 e. The minimum absolute atomic E-state index is 0.0669. The van der Waals surface area contributed by atoms with E-state index in [0.717, 1.165) is 10.4 Å². The van der Waals surface area contributed by atoms with E-state index in [1.807, 2.05) is 65.4 Å². The molecule has 3 aromatic carbocycles. The van der Waals surface area contributed by atoms with Crippen LogP contribution in [0.15, 0.2) is 78.9 Å². The Balaban J connectivity index is 1.49. The Morgan fingerprint density at radius 1 is 0.837 bits per heavy atom. The molecule has 4 rings (SSSR count). The fraction of sp³-hybridized carbons (Fsp3) is 0.379. The van der Waals surface area contributed by atoms with E-state index in [1.54, 1.807) is 0 Å². The van der Waals surface area contributed by atoms with E-state index in [2.05, 4.69) is 30.8 Å². The first-order chi connectivity index (χ1) is 19.9. The maximum atomic E-state index is 13.2. The van der Waals surface area contributed by atoms with E-state index in [0.29, 0.717) is 12.1 Å². The van der Waals surface area contributed by atoms with Crippen LogP contribution in [0.1, 0.15) is 38.3 Å². The Labute approximate surface area is 248 Å². The summed E-state index contributed by atoms with van der Waals surface area (Å²) in [5.74, 6) is 0. The van der Waals surface area contributed by atoms with Crippen LogP contribution in [0.3, 0.4) is 0 Å². The van der Waals surface area contributed by atoms with Gasteiger partial charge in [-0.25, -0.2) is 0 Å². The number of halogens is 6. The smallest absolute Gasteiger partial charge is 0.406 e. The highest BCUT2D eigenvalue weighted by molar-refractivity contribution is 7.90. The van der Waals surface area contributed by atoms with Gasteiger partial charge in [-0.1, -0.05) is 81.4 Å². The molecule has 0 aromatic heterocycles. The first-order valence-electron chi connectivity index (χ1n) is 13.5. The van der Waals surface area contributed by atoms with Crippen molar-refractivity contribution in [2.75, 3.05) is 17.9 Å². The predicted molar refractivity (Wildman–Crippen MR) is 156 cm³/mol. The van der Waals surface area contributed by atoms with E-state index in [-0.39, 0.29) is 36.7 Å². The topological polar surface area (TPSA) is 79.5 Å². The average Bonchev–Trinajstić information content (AvgIpc) is 3.34. The van der Waals surface area contributed by atoms with Crippen LogP contribution in [0.5, 0.6) is 0 Å². The van der Waals surface area contributed by atoms with Gasteiger partial charge in [-0.15, -0.1) is 0 Å². The van der Waals surface area contributed by atoms with E-state index in [1.165, 1.54) is 0 Å². The quantitative estimate of drug-likeness (QED) is 0.219. The van der Waals surface area contributed by atoms with Crippen molar-refractivity contribution in [1.82, 2.24) is 10.0 Å². The lowest BCUT2D eigenvalue weighted by Gasteiger charge is -2.43. The predicted octanol–water partition coefficient (Wildman–Crippen LogP) is 5.28. The lowest BCUT2D eigenvalue weighted by atomic mass is 10.1. The molecule has 3 aromatic rings. The Hall–Kier alpha value is -2.91. The van der Waals surface area contributed by atoms with Gasteiger partial charge < -0.3 is 9.74 Å². The van der Waals surface area contributed by atoms with Gasteiger partial charge in [0.05, 0.1) is 23.4 Å². The molecule has 1 heterocycles. The molecule has 1 fully saturated rings. The monoisotopic (exact) mass is 645 g/mol. The molecular formula is C29H33F6N3O3SSi. The number of nitrogens with one attached hydrogen (secondary N) is 3. The SMILES string of the molecule is CC(C)(C)[Si](OC[C@@H]1C[C@@H](NS(=O)(=O)Nc2cc(C(F)(F)F)cc(C(F)(F)F)c2)CN1)(c1ccccc1)c1ccccc1. The van der Waals surface area contributed by atoms with Crippen LogP contribution < -0.4 is 25.1 Å². The fourth-order valence-electron chi connectivity index (χ4n) is 5.44. The van der Waals surface area contributed by atoms with Gasteiger partial charge >= 0.3 is 12.4 Å². The molecule has 2 atom stereocenters. The first kappa shape index (κ1) is 33.0. The van der Waals surface area contributed by atoms with Crippen LogP contribution in [-0.2, 0) is 27.0 Å². The molecule has 3 N–H and O–H groups in total. The molecule has 0 unspecified atom stereocenters. The average molecular weight is 646 g/mol. The number of anilines is 1. The molecule has 0 spiro atoms. The lowest BCUT2D eigenvalue weighted by Crippen LogP contribution is -2.67. The van der Waals surface area contributed by atoms with Gasteiger partial charge in [0.15, 0.2) is 0 Å². The minimum atomic E-state index is -5.11. The summed E-state index contributed by atoms with van der Waals surface area (Å²) in [4.78, 5) is 0. The zero-order valence-corrected chi connectivity index (χ0v) is 25.5. The molecule has 0 bridgehead atoms. The summed E-state index contributed by atoms with van der Waals surface area (Å²) in [6, 6.07) is 19.5. The third-order valence-corrected chi connectivity index (χ3v) is 13.5. The van der Waals surface area contributed by atoms with E-state index >= 15 is 0 Å². The zero-order chi connectivity index (χ0) is 31.7. The molecular weight excluding hydrogens is 612 g/mol. The van der Waals surface area contributed by atoms with E-state index in [4.69, 9.17) is 4.43 Å². The summed E-state index contributed by atoms with van der Waals surface area (Å²) < 4.78 is 116. The van der Waals surface area contributed by atoms with Crippen LogP contribution in [0.2, 0.25) is 5.04 Å². The second-order valence-corrected chi connectivity index (χ2v) is 17.3. The van der Waals surface area contributed by atoms with Gasteiger partial charge in [0.2, 0.25) is 0 Å². The van der Waals surface area contributed by atoms with Crippen LogP contribution in [0.25, 0.3) is 0 Å². The van der Waals surface area contributed by atoms with Gasteiger partial charge in [-0.3, -0.25) is 4.72 Å². The molecule has 0 saturated carbocycles. The molecule has 0 aliphatic carbocycles. The fourth-order valence-corrected chi connectivity index (χ4v) is 11.2. The Kier molecular flexibility index (Phi) is 9.38. The second kappa shape index (κ2) is 12.2. The van der Waals surface area contributed by atoms with Crippen LogP contribution in [0, 0.1) is 0 Å². The highest BCUT2D eigenvalue weighted by Gasteiger charge is 2.50. The molecule has 1 saturated heterocycles. The molecule has 6 nitrogen and oxygen atoms in total. The molecule has 1 aliphatic heterocycles. The number of hydrogen-bond acceptors (Lipinski definition) is 4. The highest BCUT2D eigenvalue weighted by Crippen LogP contribution is 2.38. The second-order valence-electron chi connectivity index (χ2n) is 11.5. The number of benzene rings is 3. The van der Waals surface area contributed by atoms with Crippen molar-refractivity contribution < 1.29 is 39.2 Å². The number of rotatable bonds is 9. The summed E-state index contributed by atoms with van der Waals surface area (Å²) in [5, 5.41) is 5.10. The molecule has 14 heteroatoms. The van der Waals surface area contributed by atoms with Crippen molar-refractivity contribution in [3.05, 3.63) is 90.0 Å². The van der Waals surface area contributed by atoms with Crippen molar-refractivity contribution in [3.8, 4) is 0 Å². The number of alkyl halides is 6. The summed E-state index contributed by atoms with van der Waals surface area (Å²) in [6.07, 6.45) is -9.93. The van der Waals surface area contributed by atoms with Crippen molar-refractivity contribution in [3.63, 3.8) is 0 Å². The maximum absolute atomic E-state index is 13.2. The Morgan fingerprint density at radius 2 is 1.33 bits per heavy atom. The van der Waals surface area contributed by atoms with Gasteiger partial charge in [0.1, 0.15) is 0 Å². The van der Waals surface area contributed by atoms with Crippen molar-refractivity contribution in [1.29, 1.82) is 0 Å². The molecule has 1 aliphatic rings. The summed E-state index contributed by atoms with van der Waals surface area (Å²) >= 11 is 0. The zero-order valence-electron chi connectivity index (χ0n) is 23.7. The first-order valence-corrected chi connectivity index (χ1v) is 16.9. The Morgan fingerprint density at radius 3 is 1.77 bits per heavy atom. The van der Waals surface area contributed by atoms with Gasteiger partial charge in [-0.05, 0) is 40.0 Å². The van der Waals surface area contributed by atoms with Crippen molar-refractivity contribution >= 4 is 34.6 Å². The highest BCUT2D eigenvalue weighted by atomic mass is 32.2. The number of hydrogen-bond donors (Lipinski definition) is 3. The third kappa shape index (κ3) is 7.79. The summed E-state index contributed by atoms with van der Waals surface area (Å²) in [7, 11) is -7.38. The maximum Gasteiger partial charge on any atom is 0.416 e. The molecule has 0 amide bonds. The van der Waals surface area contributed by atoms with Crippen LogP contribution in [0.4, 0.5) is 32.0 Å². The van der Waals surface area contributed by atoms with Crippen molar-refractivity contribution in [2.45, 2.75) is 56.7 Å². The van der Waals surface area contributed by atoms with Gasteiger partial charge in [-0.2, -0.15) is 39.5 Å². The van der Waals surface area contributed by atoms with Crippen molar-refractivity contribution in [2.24, 2.45) is 0 Å². The van der Waals surface area contributed by atoms with Crippen LogP contribution in [-0.4, -0.2) is 42.0 Å². The minimum Gasteiger partial charge on any atom is -0.406 e. The lowest BCUT2D eigenvalue weighted by molar-refractivity contribution is -0.143. The van der Waals surface area contributed by atoms with Gasteiger partial charge in [0, 0.05) is 18.6 Å². The van der Waals surface area contributed by atoms with E-state index in [9.17, 15) is 34.8 Å². The molecule has 0 radical (unpaired) electrons. The molecule has 43 heavy (non-hydrogen) atoms. The van der Waals surface area contributed by atoms with Crippen LogP contribution >= 0.6 is 0 Å². The normalized spacial score (nSPS) is 18.5. The van der Waals surface area contributed by atoms with E-state index < -0.39 is 53.7 Å². The standard InChI is InChI=1S/C29H33F6N3O3SSi/c1-27(2,3)43(25-10-6-4-7-11-25,26-12-8-5-9-13-26)41-19-24-17-23(18-36-24)38-42(39,40)37-22-15-20(28(30,31)32)14-21(16-22)29(33,34)35/h4-16,23-24,36-38H,17-19H2,1-3H3/t23-,24+/m1/s1. The third-order valence-electron chi connectivity index (χ3n) is 7.30. The molecule has 234 valence electrons. The Bertz CT molecular complexity index is 1430. The summed E-state index contributed by atoms with van der Waals surface area (Å²) in [5.41, 5.74) is -4.10. The van der Waals surface area contributed by atoms with Gasteiger partial charge in [0.25, 0.3) is 18.5 Å².